The molecule has 0 aliphatic carbocycles. The monoisotopic (exact) mass is 452 g/mol. The van der Waals surface area contributed by atoms with Crippen molar-refractivity contribution in [1.82, 2.24) is 9.80 Å². The Morgan fingerprint density at radius 3 is 2.53 bits per heavy atom. The van der Waals surface area contributed by atoms with E-state index in [0.717, 1.165) is 29.5 Å². The van der Waals surface area contributed by atoms with Gasteiger partial charge in [-0.25, -0.2) is 0 Å². The molecule has 3 atom stereocenters. The van der Waals surface area contributed by atoms with Crippen LogP contribution in [-0.2, 0) is 16.0 Å². The Labute approximate surface area is 192 Å². The minimum atomic E-state index is -0.409. The van der Waals surface area contributed by atoms with Crippen molar-refractivity contribution >= 4 is 23.6 Å². The highest BCUT2D eigenvalue weighted by Gasteiger charge is 2.54. The van der Waals surface area contributed by atoms with E-state index in [1.165, 1.54) is 0 Å². The van der Waals surface area contributed by atoms with E-state index in [2.05, 4.69) is 19.1 Å². The number of methoxy groups -OCH3 is 2. The number of hydrogen-bond acceptors (Lipinski definition) is 5. The van der Waals surface area contributed by atoms with Gasteiger partial charge in [0.25, 0.3) is 0 Å². The first-order valence-corrected chi connectivity index (χ1v) is 12.0. The van der Waals surface area contributed by atoms with Crippen LogP contribution in [0, 0.1) is 0 Å². The lowest BCUT2D eigenvalue weighted by Gasteiger charge is -2.41. The quantitative estimate of drug-likeness (QED) is 0.709. The van der Waals surface area contributed by atoms with Crippen molar-refractivity contribution in [1.29, 1.82) is 0 Å². The van der Waals surface area contributed by atoms with Gasteiger partial charge in [-0.3, -0.25) is 9.59 Å². The third-order valence-corrected chi connectivity index (χ3v) is 8.51. The molecule has 7 heteroatoms. The standard InChI is InChI=1S/C25H28N2O4S/c1-25-11-9-22(28)27(25)19(15-32-25)24(29)26-12-10-17-13-20(30-2)21(31-3)14-18(17)23(26)16-7-5-4-6-8-16/h4-8,13-14,19,23H,9-12,15H2,1-3H3. The maximum atomic E-state index is 14.0. The van der Waals surface area contributed by atoms with Gasteiger partial charge in [-0.05, 0) is 48.6 Å². The van der Waals surface area contributed by atoms with E-state index in [1.54, 1.807) is 26.0 Å². The summed E-state index contributed by atoms with van der Waals surface area (Å²) in [6.07, 6.45) is 2.06. The summed E-state index contributed by atoms with van der Waals surface area (Å²) in [6, 6.07) is 13.5. The lowest BCUT2D eigenvalue weighted by atomic mass is 9.87. The highest BCUT2D eigenvalue weighted by Crippen LogP contribution is 2.49. The Kier molecular flexibility index (Phi) is 5.32. The van der Waals surface area contributed by atoms with Crippen LogP contribution in [0.4, 0.5) is 0 Å². The maximum absolute atomic E-state index is 14.0. The lowest BCUT2D eigenvalue weighted by molar-refractivity contribution is -0.145. The molecular formula is C25H28N2O4S. The Bertz CT molecular complexity index is 1060. The van der Waals surface area contributed by atoms with Gasteiger partial charge < -0.3 is 19.3 Å². The minimum absolute atomic E-state index is 0.0331. The van der Waals surface area contributed by atoms with E-state index in [1.807, 2.05) is 40.1 Å². The van der Waals surface area contributed by atoms with Crippen molar-refractivity contribution in [2.75, 3.05) is 26.5 Å². The first-order chi connectivity index (χ1) is 15.5. The molecule has 2 saturated heterocycles. The van der Waals surface area contributed by atoms with Gasteiger partial charge in [0.2, 0.25) is 11.8 Å². The fourth-order valence-electron chi connectivity index (χ4n) is 5.37. The van der Waals surface area contributed by atoms with Gasteiger partial charge in [0, 0.05) is 18.7 Å². The molecule has 0 saturated carbocycles. The zero-order chi connectivity index (χ0) is 22.5. The first kappa shape index (κ1) is 21.2. The number of ether oxygens (including phenoxy) is 2. The predicted octanol–water partition coefficient (Wildman–Crippen LogP) is 3.63. The molecule has 0 aromatic heterocycles. The molecule has 2 fully saturated rings. The fourth-order valence-corrected chi connectivity index (χ4v) is 6.80. The zero-order valence-corrected chi connectivity index (χ0v) is 19.5. The highest BCUT2D eigenvalue weighted by atomic mass is 32.2. The zero-order valence-electron chi connectivity index (χ0n) is 18.7. The van der Waals surface area contributed by atoms with Crippen molar-refractivity contribution in [3.8, 4) is 11.5 Å². The Hall–Kier alpha value is -2.67. The fraction of sp³-hybridized carbons (Fsp3) is 0.440. The molecule has 2 aromatic rings. The summed E-state index contributed by atoms with van der Waals surface area (Å²) in [7, 11) is 3.27. The van der Waals surface area contributed by atoms with Gasteiger partial charge in [-0.2, -0.15) is 0 Å². The minimum Gasteiger partial charge on any atom is -0.493 e. The van der Waals surface area contributed by atoms with E-state index >= 15 is 0 Å². The molecule has 5 rings (SSSR count). The number of amides is 2. The Morgan fingerprint density at radius 2 is 1.81 bits per heavy atom. The van der Waals surface area contributed by atoms with Crippen LogP contribution in [0.15, 0.2) is 42.5 Å². The molecule has 0 radical (unpaired) electrons. The van der Waals surface area contributed by atoms with Gasteiger partial charge in [-0.15, -0.1) is 11.8 Å². The molecule has 168 valence electrons. The number of thioether (sulfide) groups is 1. The average molecular weight is 453 g/mol. The molecule has 2 amide bonds. The van der Waals surface area contributed by atoms with Crippen LogP contribution in [0.2, 0.25) is 0 Å². The molecule has 3 aliphatic heterocycles. The van der Waals surface area contributed by atoms with E-state index in [0.29, 0.717) is 30.2 Å². The van der Waals surface area contributed by atoms with Crippen LogP contribution in [0.25, 0.3) is 0 Å². The largest absolute Gasteiger partial charge is 0.493 e. The molecule has 6 nitrogen and oxygen atoms in total. The summed E-state index contributed by atoms with van der Waals surface area (Å²) in [5.74, 6) is 2.13. The molecular weight excluding hydrogens is 424 g/mol. The topological polar surface area (TPSA) is 59.1 Å². The second kappa shape index (κ2) is 8.03. The number of benzene rings is 2. The van der Waals surface area contributed by atoms with Crippen molar-refractivity contribution in [2.45, 2.75) is 43.1 Å². The van der Waals surface area contributed by atoms with Crippen molar-refractivity contribution in [2.24, 2.45) is 0 Å². The lowest BCUT2D eigenvalue weighted by Crippen LogP contribution is -2.53. The number of fused-ring (bicyclic) bond motifs is 2. The van der Waals surface area contributed by atoms with E-state index in [4.69, 9.17) is 9.47 Å². The summed E-state index contributed by atoms with van der Waals surface area (Å²) in [5.41, 5.74) is 3.26. The van der Waals surface area contributed by atoms with Crippen LogP contribution in [-0.4, -0.2) is 59.0 Å². The summed E-state index contributed by atoms with van der Waals surface area (Å²) < 4.78 is 11.1. The molecule has 2 aromatic carbocycles. The number of hydrogen-bond donors (Lipinski definition) is 0. The Morgan fingerprint density at radius 1 is 1.09 bits per heavy atom. The number of nitrogens with zero attached hydrogens (tertiary/aromatic N) is 2. The van der Waals surface area contributed by atoms with Crippen molar-refractivity contribution in [3.63, 3.8) is 0 Å². The van der Waals surface area contributed by atoms with Crippen LogP contribution < -0.4 is 9.47 Å². The first-order valence-electron chi connectivity index (χ1n) is 11.0. The van der Waals surface area contributed by atoms with E-state index in [-0.39, 0.29) is 22.7 Å². The van der Waals surface area contributed by atoms with Crippen LogP contribution in [0.3, 0.4) is 0 Å². The summed E-state index contributed by atoms with van der Waals surface area (Å²) in [5, 5.41) is 0. The van der Waals surface area contributed by atoms with Crippen LogP contribution in [0.5, 0.6) is 11.5 Å². The number of carbonyl (C=O) groups is 2. The molecule has 0 spiro atoms. The third kappa shape index (κ3) is 3.25. The SMILES string of the molecule is COc1cc2c(cc1OC)C(c1ccccc1)N(C(=O)C1CSC3(C)CCC(=O)N13)CC2. The van der Waals surface area contributed by atoms with Crippen LogP contribution in [0.1, 0.15) is 42.5 Å². The molecule has 3 heterocycles. The Balaban J connectivity index is 1.57. The second-order valence-electron chi connectivity index (χ2n) is 8.77. The number of rotatable bonds is 4. The van der Waals surface area contributed by atoms with Gasteiger partial charge in [-0.1, -0.05) is 30.3 Å². The second-order valence-corrected chi connectivity index (χ2v) is 10.3. The van der Waals surface area contributed by atoms with Crippen molar-refractivity contribution < 1.29 is 19.1 Å². The summed E-state index contributed by atoms with van der Waals surface area (Å²) in [4.78, 5) is 30.2. The average Bonchev–Trinajstić information content (AvgIpc) is 3.32. The predicted molar refractivity (Wildman–Crippen MR) is 124 cm³/mol. The summed E-state index contributed by atoms with van der Waals surface area (Å²) in [6.45, 7) is 2.69. The van der Waals surface area contributed by atoms with Crippen LogP contribution >= 0.6 is 11.8 Å². The van der Waals surface area contributed by atoms with E-state index < -0.39 is 6.04 Å². The van der Waals surface area contributed by atoms with E-state index in [9.17, 15) is 9.59 Å². The van der Waals surface area contributed by atoms with Gasteiger partial charge in [0.05, 0.1) is 25.1 Å². The van der Waals surface area contributed by atoms with Crippen molar-refractivity contribution in [3.05, 3.63) is 59.2 Å². The maximum Gasteiger partial charge on any atom is 0.247 e. The molecule has 0 N–H and O–H groups in total. The number of carbonyl (C=O) groups excluding carboxylic acids is 2. The summed E-state index contributed by atoms with van der Waals surface area (Å²) >= 11 is 1.73. The molecule has 0 bridgehead atoms. The van der Waals surface area contributed by atoms with Gasteiger partial charge in [0.15, 0.2) is 11.5 Å². The van der Waals surface area contributed by atoms with Gasteiger partial charge >= 0.3 is 0 Å². The molecule has 3 aliphatic rings. The molecule has 32 heavy (non-hydrogen) atoms. The molecule has 3 unspecified atom stereocenters. The highest BCUT2D eigenvalue weighted by molar-refractivity contribution is 8.01. The van der Waals surface area contributed by atoms with Gasteiger partial charge in [0.1, 0.15) is 6.04 Å². The third-order valence-electron chi connectivity index (χ3n) is 7.00. The smallest absolute Gasteiger partial charge is 0.247 e. The normalized spacial score (nSPS) is 26.7.